The number of nitrogens with one attached hydrogen (secondary N) is 1. The smallest absolute Gasteiger partial charge is 0.0731 e. The normalized spacial score (nSPS) is 12.4. The lowest BCUT2D eigenvalue weighted by Crippen LogP contribution is -2.07. The molecule has 16 heavy (non-hydrogen) atoms. The fourth-order valence-corrected chi connectivity index (χ4v) is 1.57. The second kappa shape index (κ2) is 4.79. The Morgan fingerprint density at radius 3 is 2.94 bits per heavy atom. The minimum atomic E-state index is 0.190. The van der Waals surface area contributed by atoms with Gasteiger partial charge in [0.25, 0.3) is 0 Å². The molecule has 2 aromatic rings. The first-order valence-electron chi connectivity index (χ1n) is 5.49. The van der Waals surface area contributed by atoms with Gasteiger partial charge >= 0.3 is 0 Å². The Morgan fingerprint density at radius 1 is 1.44 bits per heavy atom. The Bertz CT molecular complexity index is 435. The van der Waals surface area contributed by atoms with E-state index in [2.05, 4.69) is 29.2 Å². The van der Waals surface area contributed by atoms with Crippen molar-refractivity contribution in [3.63, 3.8) is 0 Å². The average Bonchev–Trinajstić information content (AvgIpc) is 2.78. The standard InChI is InChI=1S/C12H16N4/c1-3-16-9-11(8-14-16)15-10(2)12-6-4-5-7-13-12/h4-10,15H,3H2,1-2H3. The van der Waals surface area contributed by atoms with Crippen LogP contribution in [-0.2, 0) is 6.54 Å². The van der Waals surface area contributed by atoms with Gasteiger partial charge in [0.15, 0.2) is 0 Å². The van der Waals surface area contributed by atoms with Gasteiger partial charge < -0.3 is 5.32 Å². The van der Waals surface area contributed by atoms with E-state index in [4.69, 9.17) is 0 Å². The van der Waals surface area contributed by atoms with Gasteiger partial charge in [-0.05, 0) is 26.0 Å². The van der Waals surface area contributed by atoms with Gasteiger partial charge in [-0.25, -0.2) is 0 Å². The maximum atomic E-state index is 4.31. The Labute approximate surface area is 95.3 Å². The summed E-state index contributed by atoms with van der Waals surface area (Å²) in [5.41, 5.74) is 2.06. The summed E-state index contributed by atoms with van der Waals surface area (Å²) in [5, 5.41) is 7.58. The molecule has 0 aromatic carbocycles. The summed E-state index contributed by atoms with van der Waals surface area (Å²) >= 11 is 0. The summed E-state index contributed by atoms with van der Waals surface area (Å²) in [6, 6.07) is 6.12. The first kappa shape index (κ1) is 10.7. The number of anilines is 1. The quantitative estimate of drug-likeness (QED) is 0.853. The van der Waals surface area contributed by atoms with Gasteiger partial charge in [-0.15, -0.1) is 0 Å². The molecular weight excluding hydrogens is 200 g/mol. The average molecular weight is 216 g/mol. The zero-order valence-electron chi connectivity index (χ0n) is 9.59. The molecule has 0 radical (unpaired) electrons. The van der Waals surface area contributed by atoms with Crippen molar-refractivity contribution in [1.29, 1.82) is 0 Å². The van der Waals surface area contributed by atoms with Crippen LogP contribution in [0.1, 0.15) is 25.6 Å². The van der Waals surface area contributed by atoms with Crippen LogP contribution >= 0.6 is 0 Å². The van der Waals surface area contributed by atoms with E-state index in [1.165, 1.54) is 0 Å². The molecular formula is C12H16N4. The molecule has 0 aliphatic rings. The Hall–Kier alpha value is -1.84. The number of aromatic nitrogens is 3. The maximum Gasteiger partial charge on any atom is 0.0731 e. The van der Waals surface area contributed by atoms with E-state index in [-0.39, 0.29) is 6.04 Å². The SMILES string of the molecule is CCn1cc(NC(C)c2ccccn2)cn1. The second-order valence-corrected chi connectivity index (χ2v) is 3.71. The fraction of sp³-hybridized carbons (Fsp3) is 0.333. The molecule has 0 saturated carbocycles. The van der Waals surface area contributed by atoms with Crippen molar-refractivity contribution in [2.75, 3.05) is 5.32 Å². The molecule has 0 spiro atoms. The molecule has 0 aliphatic heterocycles. The molecule has 2 heterocycles. The molecule has 0 fully saturated rings. The topological polar surface area (TPSA) is 42.7 Å². The van der Waals surface area contributed by atoms with Crippen LogP contribution in [0.4, 0.5) is 5.69 Å². The molecule has 2 aromatic heterocycles. The highest BCUT2D eigenvalue weighted by Crippen LogP contribution is 2.16. The molecule has 4 nitrogen and oxygen atoms in total. The zero-order valence-corrected chi connectivity index (χ0v) is 9.59. The molecule has 0 aliphatic carbocycles. The third-order valence-corrected chi connectivity index (χ3v) is 2.47. The summed E-state index contributed by atoms with van der Waals surface area (Å²) in [5.74, 6) is 0. The molecule has 2 rings (SSSR count). The zero-order chi connectivity index (χ0) is 11.4. The highest BCUT2D eigenvalue weighted by atomic mass is 15.3. The van der Waals surface area contributed by atoms with Crippen molar-refractivity contribution in [2.45, 2.75) is 26.4 Å². The van der Waals surface area contributed by atoms with Crippen LogP contribution in [0.5, 0.6) is 0 Å². The molecule has 0 bridgehead atoms. The number of aryl methyl sites for hydroxylation is 1. The first-order chi connectivity index (χ1) is 7.79. The van der Waals surface area contributed by atoms with Gasteiger partial charge in [0, 0.05) is 18.9 Å². The number of nitrogens with zero attached hydrogens (tertiary/aromatic N) is 3. The number of rotatable bonds is 4. The van der Waals surface area contributed by atoms with Gasteiger partial charge in [-0.1, -0.05) is 6.07 Å². The van der Waals surface area contributed by atoms with Crippen molar-refractivity contribution in [3.05, 3.63) is 42.5 Å². The lowest BCUT2D eigenvalue weighted by atomic mass is 10.2. The summed E-state index contributed by atoms with van der Waals surface area (Å²) in [7, 11) is 0. The van der Waals surface area contributed by atoms with E-state index < -0.39 is 0 Å². The van der Waals surface area contributed by atoms with E-state index in [1.54, 1.807) is 0 Å². The molecule has 0 saturated heterocycles. The van der Waals surface area contributed by atoms with Gasteiger partial charge in [0.1, 0.15) is 0 Å². The van der Waals surface area contributed by atoms with Crippen LogP contribution in [0.3, 0.4) is 0 Å². The second-order valence-electron chi connectivity index (χ2n) is 3.71. The molecule has 1 atom stereocenters. The van der Waals surface area contributed by atoms with Gasteiger partial charge in [0.2, 0.25) is 0 Å². The van der Waals surface area contributed by atoms with Crippen molar-refractivity contribution in [1.82, 2.24) is 14.8 Å². The minimum Gasteiger partial charge on any atom is -0.374 e. The van der Waals surface area contributed by atoms with Crippen molar-refractivity contribution in [3.8, 4) is 0 Å². The third-order valence-electron chi connectivity index (χ3n) is 2.47. The summed E-state index contributed by atoms with van der Waals surface area (Å²) in [6.07, 6.45) is 5.64. The van der Waals surface area contributed by atoms with Gasteiger partial charge in [-0.3, -0.25) is 9.67 Å². The fourth-order valence-electron chi connectivity index (χ4n) is 1.57. The van der Waals surface area contributed by atoms with Crippen molar-refractivity contribution < 1.29 is 0 Å². The maximum absolute atomic E-state index is 4.31. The largest absolute Gasteiger partial charge is 0.374 e. The van der Waals surface area contributed by atoms with Crippen LogP contribution in [0, 0.1) is 0 Å². The van der Waals surface area contributed by atoms with Crippen LogP contribution in [0.2, 0.25) is 0 Å². The lowest BCUT2D eigenvalue weighted by molar-refractivity contribution is 0.660. The minimum absolute atomic E-state index is 0.190. The summed E-state index contributed by atoms with van der Waals surface area (Å²) < 4.78 is 1.90. The Balaban J connectivity index is 2.05. The molecule has 1 N–H and O–H groups in total. The molecule has 1 unspecified atom stereocenters. The van der Waals surface area contributed by atoms with E-state index in [0.717, 1.165) is 17.9 Å². The highest BCUT2D eigenvalue weighted by molar-refractivity contribution is 5.40. The van der Waals surface area contributed by atoms with Gasteiger partial charge in [0.05, 0.1) is 23.6 Å². The molecule has 4 heteroatoms. The number of hydrogen-bond acceptors (Lipinski definition) is 3. The molecule has 84 valence electrons. The van der Waals surface area contributed by atoms with E-state index in [0.29, 0.717) is 0 Å². The predicted molar refractivity (Wildman–Crippen MR) is 64.2 cm³/mol. The number of hydrogen-bond donors (Lipinski definition) is 1. The monoisotopic (exact) mass is 216 g/mol. The highest BCUT2D eigenvalue weighted by Gasteiger charge is 2.06. The molecule has 0 amide bonds. The summed E-state index contributed by atoms with van der Waals surface area (Å²) in [6.45, 7) is 5.05. The third kappa shape index (κ3) is 2.39. The van der Waals surface area contributed by atoms with Crippen molar-refractivity contribution in [2.24, 2.45) is 0 Å². The van der Waals surface area contributed by atoms with Crippen LogP contribution in [0.25, 0.3) is 0 Å². The van der Waals surface area contributed by atoms with E-state index in [9.17, 15) is 0 Å². The lowest BCUT2D eigenvalue weighted by Gasteiger charge is -2.12. The van der Waals surface area contributed by atoms with Crippen LogP contribution in [0.15, 0.2) is 36.8 Å². The van der Waals surface area contributed by atoms with E-state index in [1.807, 2.05) is 41.5 Å². The Kier molecular flexibility index (Phi) is 3.19. The first-order valence-corrected chi connectivity index (χ1v) is 5.49. The summed E-state index contributed by atoms with van der Waals surface area (Å²) in [4.78, 5) is 4.31. The van der Waals surface area contributed by atoms with Crippen LogP contribution < -0.4 is 5.32 Å². The van der Waals surface area contributed by atoms with Crippen molar-refractivity contribution >= 4 is 5.69 Å². The predicted octanol–water partition coefficient (Wildman–Crippen LogP) is 2.47. The number of pyridine rings is 1. The van der Waals surface area contributed by atoms with E-state index >= 15 is 0 Å². The Morgan fingerprint density at radius 2 is 2.31 bits per heavy atom. The van der Waals surface area contributed by atoms with Gasteiger partial charge in [-0.2, -0.15) is 5.10 Å². The van der Waals surface area contributed by atoms with Crippen LogP contribution in [-0.4, -0.2) is 14.8 Å².